The Hall–Kier alpha value is -0.850. The van der Waals surface area contributed by atoms with Gasteiger partial charge in [0.15, 0.2) is 4.47 Å². The first kappa shape index (κ1) is 13.6. The van der Waals surface area contributed by atoms with Crippen LogP contribution in [0.2, 0.25) is 4.47 Å². The maximum absolute atomic E-state index is 13.8. The van der Waals surface area contributed by atoms with Crippen LogP contribution in [0.5, 0.6) is 0 Å². The quantitative estimate of drug-likeness (QED) is 0.860. The van der Waals surface area contributed by atoms with E-state index in [0.29, 0.717) is 26.9 Å². The minimum absolute atomic E-state index is 0.315. The Balaban J connectivity index is 2.18. The van der Waals surface area contributed by atoms with Crippen molar-refractivity contribution in [2.45, 2.75) is 6.54 Å². The number of halogens is 3. The fraction of sp³-hybridized carbons (Fsp3) is 0.182. The van der Waals surface area contributed by atoms with Crippen molar-refractivity contribution >= 4 is 50.2 Å². The van der Waals surface area contributed by atoms with Crippen LogP contribution >= 0.6 is 38.9 Å². The lowest BCUT2D eigenvalue weighted by atomic mass is 10.2. The van der Waals surface area contributed by atoms with Gasteiger partial charge >= 0.3 is 0 Å². The molecule has 0 spiro atoms. The topological polar surface area (TPSA) is 37.0 Å². The first-order valence-corrected chi connectivity index (χ1v) is 7.09. The van der Waals surface area contributed by atoms with E-state index in [1.54, 1.807) is 13.2 Å². The summed E-state index contributed by atoms with van der Waals surface area (Å²) in [7, 11) is 1.75. The van der Waals surface area contributed by atoms with Gasteiger partial charge in [-0.1, -0.05) is 27.5 Å². The average Bonchev–Trinajstić information content (AvgIpc) is 2.73. The van der Waals surface area contributed by atoms with Crippen molar-refractivity contribution in [2.24, 2.45) is 0 Å². The van der Waals surface area contributed by atoms with E-state index in [1.807, 2.05) is 6.07 Å². The Labute approximate surface area is 122 Å². The van der Waals surface area contributed by atoms with Crippen LogP contribution in [0.15, 0.2) is 22.8 Å². The third kappa shape index (κ3) is 3.13. The van der Waals surface area contributed by atoms with Crippen LogP contribution in [-0.2, 0) is 6.54 Å². The van der Waals surface area contributed by atoms with Crippen LogP contribution in [0.3, 0.4) is 0 Å². The predicted octanol–water partition coefficient (Wildman–Crippen LogP) is 4.35. The fourth-order valence-corrected chi connectivity index (χ4v) is 2.84. The van der Waals surface area contributed by atoms with Crippen LogP contribution in [0.4, 0.5) is 15.8 Å². The van der Waals surface area contributed by atoms with Crippen LogP contribution in [0, 0.1) is 5.82 Å². The molecule has 2 N–H and O–H groups in total. The van der Waals surface area contributed by atoms with Gasteiger partial charge in [-0.05, 0) is 12.1 Å². The van der Waals surface area contributed by atoms with E-state index in [2.05, 4.69) is 31.5 Å². The lowest BCUT2D eigenvalue weighted by molar-refractivity contribution is 0.630. The molecule has 0 atom stereocenters. The number of nitrogens with one attached hydrogen (secondary N) is 2. The Morgan fingerprint density at radius 2 is 2.28 bits per heavy atom. The summed E-state index contributed by atoms with van der Waals surface area (Å²) in [5, 5.41) is 5.99. The van der Waals surface area contributed by atoms with Crippen molar-refractivity contribution in [3.8, 4) is 0 Å². The molecule has 0 radical (unpaired) electrons. The zero-order valence-corrected chi connectivity index (χ0v) is 12.6. The lowest BCUT2D eigenvalue weighted by Crippen LogP contribution is -2.04. The molecular formula is C11H10BrClFN3S. The second-order valence-electron chi connectivity index (χ2n) is 3.49. The van der Waals surface area contributed by atoms with E-state index < -0.39 is 0 Å². The zero-order chi connectivity index (χ0) is 13.1. The molecule has 1 aromatic carbocycles. The Morgan fingerprint density at radius 3 is 2.89 bits per heavy atom. The van der Waals surface area contributed by atoms with Gasteiger partial charge in [-0.25, -0.2) is 9.37 Å². The average molecular weight is 351 g/mol. The van der Waals surface area contributed by atoms with Crippen molar-refractivity contribution in [3.63, 3.8) is 0 Å². The number of anilines is 2. The molecule has 1 aromatic heterocycles. The number of hydrogen-bond acceptors (Lipinski definition) is 4. The molecule has 96 valence electrons. The molecule has 1 heterocycles. The van der Waals surface area contributed by atoms with E-state index in [4.69, 9.17) is 11.6 Å². The maximum atomic E-state index is 13.8. The SMILES string of the molecule is CNc1cc(Br)cc(F)c1NCc1cnc(Cl)s1. The summed E-state index contributed by atoms with van der Waals surface area (Å²) in [6, 6.07) is 3.23. The lowest BCUT2D eigenvalue weighted by Gasteiger charge is -2.12. The Morgan fingerprint density at radius 1 is 1.50 bits per heavy atom. The van der Waals surface area contributed by atoms with Crippen LogP contribution < -0.4 is 10.6 Å². The molecule has 0 aliphatic heterocycles. The first-order chi connectivity index (χ1) is 8.60. The van der Waals surface area contributed by atoms with E-state index in [0.717, 1.165) is 4.88 Å². The van der Waals surface area contributed by atoms with Crippen molar-refractivity contribution in [1.29, 1.82) is 0 Å². The predicted molar refractivity (Wildman–Crippen MR) is 78.1 cm³/mol. The number of rotatable bonds is 4. The summed E-state index contributed by atoms with van der Waals surface area (Å²) >= 11 is 10.4. The molecular weight excluding hydrogens is 341 g/mol. The second kappa shape index (κ2) is 5.86. The molecule has 0 unspecified atom stereocenters. The molecule has 3 nitrogen and oxygen atoms in total. The highest BCUT2D eigenvalue weighted by Gasteiger charge is 2.10. The summed E-state index contributed by atoms with van der Waals surface area (Å²) in [4.78, 5) is 4.88. The summed E-state index contributed by atoms with van der Waals surface area (Å²) in [6.45, 7) is 0.484. The summed E-state index contributed by atoms with van der Waals surface area (Å²) < 4.78 is 15.0. The molecule has 0 bridgehead atoms. The van der Waals surface area contributed by atoms with E-state index in [1.165, 1.54) is 17.4 Å². The molecule has 0 fully saturated rings. The van der Waals surface area contributed by atoms with Gasteiger partial charge in [0.2, 0.25) is 0 Å². The fourth-order valence-electron chi connectivity index (χ4n) is 1.49. The van der Waals surface area contributed by atoms with Gasteiger partial charge in [0.05, 0.1) is 17.9 Å². The standard InChI is InChI=1S/C11H10BrClFN3S/c1-15-9-3-6(12)2-8(14)10(9)16-4-7-5-17-11(13)18-7/h2-3,5,15-16H,4H2,1H3. The molecule has 7 heteroatoms. The smallest absolute Gasteiger partial charge is 0.183 e. The van der Waals surface area contributed by atoms with Crippen molar-refractivity contribution in [3.05, 3.63) is 38.0 Å². The Kier molecular flexibility index (Phi) is 4.42. The number of hydrogen-bond donors (Lipinski definition) is 2. The van der Waals surface area contributed by atoms with Gasteiger partial charge in [0, 0.05) is 22.6 Å². The van der Waals surface area contributed by atoms with Gasteiger partial charge in [0.25, 0.3) is 0 Å². The number of thiazole rings is 1. The van der Waals surface area contributed by atoms with Crippen LogP contribution in [0.1, 0.15) is 4.88 Å². The maximum Gasteiger partial charge on any atom is 0.183 e. The summed E-state index contributed by atoms with van der Waals surface area (Å²) in [5.41, 5.74) is 1.13. The van der Waals surface area contributed by atoms with Gasteiger partial charge in [-0.3, -0.25) is 0 Å². The second-order valence-corrected chi connectivity index (χ2v) is 6.11. The minimum Gasteiger partial charge on any atom is -0.386 e. The number of nitrogens with zero attached hydrogens (tertiary/aromatic N) is 1. The molecule has 2 aromatic rings. The minimum atomic E-state index is -0.315. The van der Waals surface area contributed by atoms with Crippen molar-refractivity contribution < 1.29 is 4.39 Å². The van der Waals surface area contributed by atoms with E-state index in [9.17, 15) is 4.39 Å². The first-order valence-electron chi connectivity index (χ1n) is 5.11. The van der Waals surface area contributed by atoms with Gasteiger partial charge in [-0.2, -0.15) is 0 Å². The summed E-state index contributed by atoms with van der Waals surface area (Å²) in [5.74, 6) is -0.315. The molecule has 0 aliphatic rings. The highest BCUT2D eigenvalue weighted by molar-refractivity contribution is 9.10. The largest absolute Gasteiger partial charge is 0.386 e. The van der Waals surface area contributed by atoms with Gasteiger partial charge < -0.3 is 10.6 Å². The van der Waals surface area contributed by atoms with Gasteiger partial charge in [0.1, 0.15) is 5.82 Å². The molecule has 0 aliphatic carbocycles. The van der Waals surface area contributed by atoms with Crippen molar-refractivity contribution in [1.82, 2.24) is 4.98 Å². The molecule has 0 saturated heterocycles. The van der Waals surface area contributed by atoms with E-state index in [-0.39, 0.29) is 5.82 Å². The molecule has 18 heavy (non-hydrogen) atoms. The molecule has 2 rings (SSSR count). The van der Waals surface area contributed by atoms with Crippen LogP contribution in [-0.4, -0.2) is 12.0 Å². The van der Waals surface area contributed by atoms with Gasteiger partial charge in [-0.15, -0.1) is 11.3 Å². The third-order valence-electron chi connectivity index (χ3n) is 2.29. The highest BCUT2D eigenvalue weighted by atomic mass is 79.9. The number of benzene rings is 1. The number of aromatic nitrogens is 1. The molecule has 0 amide bonds. The van der Waals surface area contributed by atoms with E-state index >= 15 is 0 Å². The summed E-state index contributed by atoms with van der Waals surface area (Å²) in [6.07, 6.45) is 1.68. The third-order valence-corrected chi connectivity index (χ3v) is 3.86. The van der Waals surface area contributed by atoms with Crippen molar-refractivity contribution in [2.75, 3.05) is 17.7 Å². The molecule has 0 saturated carbocycles. The normalized spacial score (nSPS) is 10.4. The monoisotopic (exact) mass is 349 g/mol. The highest BCUT2D eigenvalue weighted by Crippen LogP contribution is 2.30. The Bertz CT molecular complexity index is 561. The van der Waals surface area contributed by atoms with Crippen LogP contribution in [0.25, 0.3) is 0 Å². The zero-order valence-electron chi connectivity index (χ0n) is 9.43.